The van der Waals surface area contributed by atoms with Gasteiger partial charge in [-0.1, -0.05) is 18.2 Å². The Morgan fingerprint density at radius 1 is 1.14 bits per heavy atom. The summed E-state index contributed by atoms with van der Waals surface area (Å²) in [5.74, 6) is -2.06. The number of para-hydroxylation sites is 1. The van der Waals surface area contributed by atoms with Crippen LogP contribution in [-0.4, -0.2) is 82.5 Å². The van der Waals surface area contributed by atoms with Crippen molar-refractivity contribution in [3.8, 4) is 0 Å². The van der Waals surface area contributed by atoms with Crippen molar-refractivity contribution in [2.75, 3.05) is 33.3 Å². The molecule has 1 aliphatic carbocycles. The van der Waals surface area contributed by atoms with Crippen LogP contribution in [0.2, 0.25) is 0 Å². The van der Waals surface area contributed by atoms with E-state index in [4.69, 9.17) is 14.9 Å². The Labute approximate surface area is 203 Å². The Balaban J connectivity index is 0.000000277. The number of piperidine rings is 1. The number of carboxylic acid groups (broad SMARTS) is 2. The highest BCUT2D eigenvalue weighted by Crippen LogP contribution is 2.49. The number of aliphatic hydroxyl groups is 1. The van der Waals surface area contributed by atoms with Gasteiger partial charge in [0.25, 0.3) is 0 Å². The summed E-state index contributed by atoms with van der Waals surface area (Å²) in [6.07, 6.45) is 3.14. The number of H-pyrrole nitrogens is 1. The van der Waals surface area contributed by atoms with Crippen molar-refractivity contribution >= 4 is 28.8 Å². The monoisotopic (exact) mass is 487 g/mol. The van der Waals surface area contributed by atoms with Crippen LogP contribution >= 0.6 is 0 Å². The van der Waals surface area contributed by atoms with Gasteiger partial charge in [0.15, 0.2) is 0 Å². The third kappa shape index (κ3) is 5.34. The number of nitrogens with zero attached hydrogens (tertiary/aromatic N) is 1. The maximum Gasteiger partial charge on any atom is 0.317 e. The van der Waals surface area contributed by atoms with E-state index in [1.165, 1.54) is 29.3 Å². The lowest BCUT2D eigenvalue weighted by Crippen LogP contribution is -2.53. The van der Waals surface area contributed by atoms with Gasteiger partial charge >= 0.3 is 17.9 Å². The molecule has 190 valence electrons. The molecule has 0 amide bonds. The van der Waals surface area contributed by atoms with Gasteiger partial charge in [0.05, 0.1) is 38.3 Å². The lowest BCUT2D eigenvalue weighted by atomic mass is 9.65. The summed E-state index contributed by atoms with van der Waals surface area (Å²) in [7, 11) is 1.43. The fourth-order valence-electron chi connectivity index (χ4n) is 6.08. The van der Waals surface area contributed by atoms with E-state index in [1.807, 2.05) is 0 Å². The molecule has 2 aromatic rings. The number of ether oxygens (including phenoxy) is 1. The number of carbonyl (C=O) groups is 3. The summed E-state index contributed by atoms with van der Waals surface area (Å²) in [4.78, 5) is 38.1. The van der Waals surface area contributed by atoms with Crippen LogP contribution in [0.5, 0.6) is 0 Å². The molecule has 5 N–H and O–H groups in total. The molecule has 0 spiro atoms. The Hall–Kier alpha value is -2.95. The first-order valence-electron chi connectivity index (χ1n) is 12.0. The van der Waals surface area contributed by atoms with Gasteiger partial charge in [-0.15, -0.1) is 0 Å². The number of methoxy groups -OCH3 is 1. The minimum absolute atomic E-state index is 0.199. The van der Waals surface area contributed by atoms with Crippen LogP contribution in [0.15, 0.2) is 24.3 Å². The van der Waals surface area contributed by atoms with Crippen LogP contribution in [0.3, 0.4) is 0 Å². The normalized spacial score (nSPS) is 27.5. The summed E-state index contributed by atoms with van der Waals surface area (Å²) in [5.41, 5.74) is 3.96. The predicted molar refractivity (Wildman–Crippen MR) is 127 cm³/mol. The number of carboxylic acids is 2. The number of carbonyl (C=O) groups excluding carboxylic acids is 1. The number of hydrogen-bond donors (Lipinski definition) is 5. The summed E-state index contributed by atoms with van der Waals surface area (Å²) < 4.78 is 5.04. The zero-order valence-electron chi connectivity index (χ0n) is 19.8. The molecule has 1 aromatic carbocycles. The second kappa shape index (κ2) is 10.8. The topological polar surface area (TPSA) is 152 Å². The van der Waals surface area contributed by atoms with Crippen LogP contribution in [0.4, 0.5) is 0 Å². The van der Waals surface area contributed by atoms with E-state index in [0.29, 0.717) is 18.4 Å². The van der Waals surface area contributed by atoms with Crippen molar-refractivity contribution in [1.29, 1.82) is 0 Å². The zero-order chi connectivity index (χ0) is 25.1. The fraction of sp³-hybridized carbons (Fsp3) is 0.560. The fourth-order valence-corrected chi connectivity index (χ4v) is 6.08. The summed E-state index contributed by atoms with van der Waals surface area (Å²) >= 11 is 0. The van der Waals surface area contributed by atoms with Crippen LogP contribution in [0.25, 0.3) is 10.9 Å². The highest BCUT2D eigenvalue weighted by atomic mass is 16.5. The maximum atomic E-state index is 12.4. The van der Waals surface area contributed by atoms with E-state index < -0.39 is 18.0 Å². The van der Waals surface area contributed by atoms with E-state index in [2.05, 4.69) is 39.5 Å². The molecule has 0 unspecified atom stereocenters. The molecule has 5 rings (SSSR count). The van der Waals surface area contributed by atoms with E-state index in [0.717, 1.165) is 32.4 Å². The van der Waals surface area contributed by atoms with Gasteiger partial charge in [-0.3, -0.25) is 24.6 Å². The van der Waals surface area contributed by atoms with Crippen molar-refractivity contribution in [3.63, 3.8) is 0 Å². The Morgan fingerprint density at radius 3 is 2.54 bits per heavy atom. The number of aromatic amines is 1. The number of esters is 1. The molecule has 10 nitrogen and oxygen atoms in total. The Kier molecular flexibility index (Phi) is 7.73. The van der Waals surface area contributed by atoms with Gasteiger partial charge in [0, 0.05) is 29.7 Å². The number of aliphatic hydroxyl groups excluding tert-OH is 1. The molecule has 3 aliphatic rings. The van der Waals surface area contributed by atoms with Crippen LogP contribution in [0, 0.1) is 17.8 Å². The standard InChI is InChI=1S/C21H26N2O3.C4H7NO4/c1-26-21(25)19-15-10-17-20-14(13-4-2-3-5-16(13)22-20)8-9-23(17)11-12(15)6-7-18(19)24;6-3(7)1-5-2-4(8)9/h2-5,12,15,17-19,22,24H,6-11H2,1H3;5H,1-2H2,(H,6,7)(H,8,9)/t12-,15-,17-,18-,19+;/m0./s1. The Morgan fingerprint density at radius 2 is 1.86 bits per heavy atom. The van der Waals surface area contributed by atoms with Gasteiger partial charge in [0.1, 0.15) is 0 Å². The quantitative estimate of drug-likeness (QED) is 0.394. The molecule has 3 heterocycles. The number of hydrogen-bond acceptors (Lipinski definition) is 7. The highest BCUT2D eigenvalue weighted by molar-refractivity contribution is 5.85. The number of aromatic nitrogens is 1. The van der Waals surface area contributed by atoms with E-state index in [9.17, 15) is 19.5 Å². The number of rotatable bonds is 5. The van der Waals surface area contributed by atoms with Crippen molar-refractivity contribution < 1.29 is 34.4 Å². The van der Waals surface area contributed by atoms with Crippen molar-refractivity contribution in [2.24, 2.45) is 17.8 Å². The Bertz CT molecular complexity index is 1070. The van der Waals surface area contributed by atoms with Gasteiger partial charge < -0.3 is 25.0 Å². The summed E-state index contributed by atoms with van der Waals surface area (Å²) in [5, 5.41) is 30.0. The maximum absolute atomic E-state index is 12.4. The highest BCUT2D eigenvalue weighted by Gasteiger charge is 2.49. The molecule has 1 saturated carbocycles. The zero-order valence-corrected chi connectivity index (χ0v) is 19.8. The van der Waals surface area contributed by atoms with E-state index in [1.54, 1.807) is 0 Å². The predicted octanol–water partition coefficient (Wildman–Crippen LogP) is 1.39. The van der Waals surface area contributed by atoms with Gasteiger partial charge in [-0.25, -0.2) is 0 Å². The minimum Gasteiger partial charge on any atom is -0.480 e. The lowest BCUT2D eigenvalue weighted by molar-refractivity contribution is -0.160. The molecule has 1 saturated heterocycles. The smallest absolute Gasteiger partial charge is 0.317 e. The first-order chi connectivity index (χ1) is 16.8. The van der Waals surface area contributed by atoms with Crippen LogP contribution < -0.4 is 5.32 Å². The second-order valence-corrected chi connectivity index (χ2v) is 9.57. The number of benzene rings is 1. The van der Waals surface area contributed by atoms with Gasteiger partial charge in [-0.05, 0) is 49.1 Å². The number of fused-ring (bicyclic) bond motifs is 6. The lowest BCUT2D eigenvalue weighted by Gasteiger charge is -2.50. The summed E-state index contributed by atoms with van der Waals surface area (Å²) in [6.45, 7) is 1.47. The van der Waals surface area contributed by atoms with Crippen molar-refractivity contribution in [1.82, 2.24) is 15.2 Å². The first kappa shape index (κ1) is 25.2. The molecule has 35 heavy (non-hydrogen) atoms. The van der Waals surface area contributed by atoms with E-state index >= 15 is 0 Å². The van der Waals surface area contributed by atoms with Crippen molar-refractivity contribution in [2.45, 2.75) is 37.8 Å². The van der Waals surface area contributed by atoms with Gasteiger partial charge in [0.2, 0.25) is 0 Å². The third-order valence-electron chi connectivity index (χ3n) is 7.57. The SMILES string of the molecule is COC(=O)[C@@H]1[C@H]2C[C@H]3c4[nH]c5ccccc5c4CCN3C[C@@H]2CC[C@@H]1O.O=C(O)CNCC(=O)O. The molecule has 0 radical (unpaired) electrons. The minimum atomic E-state index is -1.06. The van der Waals surface area contributed by atoms with Crippen molar-refractivity contribution in [3.05, 3.63) is 35.5 Å². The van der Waals surface area contributed by atoms with Crippen LogP contribution in [0.1, 0.15) is 36.6 Å². The summed E-state index contributed by atoms with van der Waals surface area (Å²) in [6, 6.07) is 8.83. The molecule has 5 atom stereocenters. The first-order valence-corrected chi connectivity index (χ1v) is 12.0. The number of nitrogens with one attached hydrogen (secondary N) is 2. The molecular weight excluding hydrogens is 454 g/mol. The molecular formula is C25H33N3O7. The molecule has 1 aromatic heterocycles. The average Bonchev–Trinajstić information content (AvgIpc) is 3.21. The second-order valence-electron chi connectivity index (χ2n) is 9.57. The van der Waals surface area contributed by atoms with Crippen LogP contribution in [-0.2, 0) is 25.5 Å². The molecule has 10 heteroatoms. The van der Waals surface area contributed by atoms with E-state index in [-0.39, 0.29) is 30.9 Å². The molecule has 2 fully saturated rings. The average molecular weight is 488 g/mol. The third-order valence-corrected chi connectivity index (χ3v) is 7.57. The van der Waals surface area contributed by atoms with Gasteiger partial charge in [-0.2, -0.15) is 0 Å². The number of aliphatic carboxylic acids is 2. The molecule has 0 bridgehead atoms. The largest absolute Gasteiger partial charge is 0.480 e. The molecule has 2 aliphatic heterocycles.